The normalized spacial score (nSPS) is 11.3. The van der Waals surface area contributed by atoms with Crippen LogP contribution in [0.2, 0.25) is 0 Å². The Morgan fingerprint density at radius 3 is 2.55 bits per heavy atom. The number of methoxy groups -OCH3 is 1. The molecule has 4 heterocycles. The molecular formula is C21H21F2N7O. The number of ether oxygens (including phenoxy) is 1. The van der Waals surface area contributed by atoms with Crippen molar-refractivity contribution in [1.29, 1.82) is 0 Å². The molecule has 0 amide bonds. The second-order valence-electron chi connectivity index (χ2n) is 7.10. The fourth-order valence-corrected chi connectivity index (χ4v) is 3.46. The van der Waals surface area contributed by atoms with Gasteiger partial charge in [-0.3, -0.25) is 4.68 Å². The van der Waals surface area contributed by atoms with Crippen LogP contribution in [0.4, 0.5) is 8.78 Å². The second-order valence-corrected chi connectivity index (χ2v) is 7.10. The third-order valence-electron chi connectivity index (χ3n) is 5.01. The highest BCUT2D eigenvalue weighted by molar-refractivity contribution is 5.63. The van der Waals surface area contributed by atoms with E-state index in [1.54, 1.807) is 37.0 Å². The Morgan fingerprint density at radius 1 is 1.06 bits per heavy atom. The summed E-state index contributed by atoms with van der Waals surface area (Å²) in [5.41, 5.74) is 4.58. The molecule has 8 nitrogen and oxygen atoms in total. The van der Waals surface area contributed by atoms with E-state index in [1.165, 1.54) is 12.4 Å². The SMILES string of the molecule is COc1ccc(-c2nn(C)c(Cc3cc(-n4nc(C)cc4C(F)F)ncn3)c2C)cn1. The van der Waals surface area contributed by atoms with Gasteiger partial charge in [0.1, 0.15) is 12.0 Å². The van der Waals surface area contributed by atoms with Gasteiger partial charge in [-0.15, -0.1) is 0 Å². The first kappa shape index (κ1) is 20.6. The predicted molar refractivity (Wildman–Crippen MR) is 109 cm³/mol. The molecule has 0 atom stereocenters. The van der Waals surface area contributed by atoms with Gasteiger partial charge in [0.2, 0.25) is 5.88 Å². The smallest absolute Gasteiger partial charge is 0.280 e. The molecule has 4 rings (SSSR count). The van der Waals surface area contributed by atoms with Crippen LogP contribution >= 0.6 is 0 Å². The van der Waals surface area contributed by atoms with E-state index < -0.39 is 6.43 Å². The molecule has 10 heteroatoms. The maximum absolute atomic E-state index is 13.4. The van der Waals surface area contributed by atoms with Crippen LogP contribution in [-0.2, 0) is 13.5 Å². The van der Waals surface area contributed by atoms with E-state index in [4.69, 9.17) is 4.74 Å². The second kappa shape index (κ2) is 8.21. The molecule has 0 fully saturated rings. The van der Waals surface area contributed by atoms with Gasteiger partial charge in [0.15, 0.2) is 5.82 Å². The molecule has 4 aromatic rings. The quantitative estimate of drug-likeness (QED) is 0.469. The van der Waals surface area contributed by atoms with Crippen molar-refractivity contribution in [2.45, 2.75) is 26.7 Å². The lowest BCUT2D eigenvalue weighted by atomic mass is 10.1. The van der Waals surface area contributed by atoms with E-state index in [1.807, 2.05) is 20.0 Å². The van der Waals surface area contributed by atoms with Crippen LogP contribution in [0.3, 0.4) is 0 Å². The fourth-order valence-electron chi connectivity index (χ4n) is 3.46. The Hall–Kier alpha value is -3.69. The molecule has 0 aliphatic rings. The number of alkyl halides is 2. The summed E-state index contributed by atoms with van der Waals surface area (Å²) in [7, 11) is 3.42. The molecule has 0 aromatic carbocycles. The molecule has 0 aliphatic heterocycles. The minimum Gasteiger partial charge on any atom is -0.481 e. The van der Waals surface area contributed by atoms with Crippen molar-refractivity contribution < 1.29 is 13.5 Å². The molecular weight excluding hydrogens is 404 g/mol. The molecule has 0 aliphatic carbocycles. The topological polar surface area (TPSA) is 83.5 Å². The lowest BCUT2D eigenvalue weighted by Crippen LogP contribution is -2.08. The van der Waals surface area contributed by atoms with Crippen LogP contribution in [0.5, 0.6) is 5.88 Å². The van der Waals surface area contributed by atoms with Crippen LogP contribution in [-0.4, -0.2) is 41.6 Å². The van der Waals surface area contributed by atoms with E-state index in [2.05, 4.69) is 25.1 Å². The molecule has 0 saturated heterocycles. The van der Waals surface area contributed by atoms with Crippen LogP contribution < -0.4 is 4.74 Å². The molecule has 0 spiro atoms. The van der Waals surface area contributed by atoms with E-state index in [0.29, 0.717) is 29.5 Å². The Balaban J connectivity index is 1.66. The highest BCUT2D eigenvalue weighted by atomic mass is 19.3. The standard InChI is InChI=1S/C21H21F2N7O/c1-12-7-17(21(22)23)30(27-12)18-9-15(25-11-26-18)8-16-13(2)20(28-29(16)3)14-5-6-19(31-4)24-10-14/h5-7,9-11,21H,8H2,1-4H3. The van der Waals surface area contributed by atoms with E-state index in [9.17, 15) is 8.78 Å². The zero-order valence-corrected chi connectivity index (χ0v) is 17.5. The van der Waals surface area contributed by atoms with Crippen molar-refractivity contribution in [2.75, 3.05) is 7.11 Å². The summed E-state index contributed by atoms with van der Waals surface area (Å²) in [4.78, 5) is 12.7. The highest BCUT2D eigenvalue weighted by Crippen LogP contribution is 2.27. The van der Waals surface area contributed by atoms with Crippen molar-refractivity contribution in [3.8, 4) is 23.0 Å². The third kappa shape index (κ3) is 4.00. The first-order valence-corrected chi connectivity index (χ1v) is 9.56. The highest BCUT2D eigenvalue weighted by Gasteiger charge is 2.19. The van der Waals surface area contributed by atoms with E-state index in [0.717, 1.165) is 27.2 Å². The number of aromatic nitrogens is 7. The first-order chi connectivity index (χ1) is 14.9. The van der Waals surface area contributed by atoms with Crippen LogP contribution in [0.25, 0.3) is 17.1 Å². The molecule has 0 radical (unpaired) electrons. The molecule has 4 aromatic heterocycles. The summed E-state index contributed by atoms with van der Waals surface area (Å²) >= 11 is 0. The van der Waals surface area contributed by atoms with Crippen LogP contribution in [0.1, 0.15) is 34.8 Å². The number of hydrogen-bond donors (Lipinski definition) is 0. The van der Waals surface area contributed by atoms with Gasteiger partial charge in [-0.25, -0.2) is 28.4 Å². The lowest BCUT2D eigenvalue weighted by molar-refractivity contribution is 0.142. The number of aryl methyl sites for hydroxylation is 2. The maximum atomic E-state index is 13.4. The van der Waals surface area contributed by atoms with Gasteiger partial charge >= 0.3 is 0 Å². The van der Waals surface area contributed by atoms with Gasteiger partial charge < -0.3 is 4.74 Å². The Labute approximate surface area is 177 Å². The van der Waals surface area contributed by atoms with Gasteiger partial charge in [-0.1, -0.05) is 0 Å². The minimum absolute atomic E-state index is 0.201. The van der Waals surface area contributed by atoms with Crippen molar-refractivity contribution in [3.05, 3.63) is 65.1 Å². The van der Waals surface area contributed by atoms with Crippen molar-refractivity contribution in [2.24, 2.45) is 7.05 Å². The number of nitrogens with zero attached hydrogens (tertiary/aromatic N) is 7. The van der Waals surface area contributed by atoms with E-state index >= 15 is 0 Å². The van der Waals surface area contributed by atoms with Crippen molar-refractivity contribution in [1.82, 2.24) is 34.5 Å². The number of halogens is 2. The Kier molecular flexibility index (Phi) is 5.45. The number of pyridine rings is 1. The summed E-state index contributed by atoms with van der Waals surface area (Å²) in [5.74, 6) is 0.830. The summed E-state index contributed by atoms with van der Waals surface area (Å²) in [6, 6.07) is 6.71. The fraction of sp³-hybridized carbons (Fsp3) is 0.286. The first-order valence-electron chi connectivity index (χ1n) is 9.56. The maximum Gasteiger partial charge on any atom is 0.280 e. The zero-order valence-electron chi connectivity index (χ0n) is 17.5. The summed E-state index contributed by atoms with van der Waals surface area (Å²) in [6.45, 7) is 3.65. The monoisotopic (exact) mass is 425 g/mol. The average molecular weight is 425 g/mol. The van der Waals surface area contributed by atoms with Gasteiger partial charge in [0.05, 0.1) is 24.2 Å². The van der Waals surface area contributed by atoms with Gasteiger partial charge in [-0.2, -0.15) is 10.2 Å². The Bertz CT molecular complexity index is 1220. The molecule has 31 heavy (non-hydrogen) atoms. The van der Waals surface area contributed by atoms with Gasteiger partial charge in [0.25, 0.3) is 6.43 Å². The van der Waals surface area contributed by atoms with Gasteiger partial charge in [-0.05, 0) is 31.5 Å². The van der Waals surface area contributed by atoms with E-state index in [-0.39, 0.29) is 5.69 Å². The molecule has 0 N–H and O–H groups in total. The number of hydrogen-bond acceptors (Lipinski definition) is 6. The molecule has 0 saturated carbocycles. The lowest BCUT2D eigenvalue weighted by Gasteiger charge is -2.08. The summed E-state index contributed by atoms with van der Waals surface area (Å²) in [5, 5.41) is 8.78. The summed E-state index contributed by atoms with van der Waals surface area (Å²) in [6.07, 6.45) is 0.877. The molecule has 0 unspecified atom stereocenters. The van der Waals surface area contributed by atoms with Crippen LogP contribution in [0, 0.1) is 13.8 Å². The summed E-state index contributed by atoms with van der Waals surface area (Å²) < 4.78 is 34.8. The van der Waals surface area contributed by atoms with Crippen molar-refractivity contribution >= 4 is 0 Å². The van der Waals surface area contributed by atoms with Gasteiger partial charge in [0, 0.05) is 43.1 Å². The zero-order chi connectivity index (χ0) is 22.1. The number of rotatable bonds is 6. The minimum atomic E-state index is -2.65. The predicted octanol–water partition coefficient (Wildman–Crippen LogP) is 3.61. The average Bonchev–Trinajstić information content (AvgIpc) is 3.29. The Morgan fingerprint density at radius 2 is 1.87 bits per heavy atom. The largest absolute Gasteiger partial charge is 0.481 e. The third-order valence-corrected chi connectivity index (χ3v) is 5.01. The molecule has 160 valence electrons. The molecule has 0 bridgehead atoms. The van der Waals surface area contributed by atoms with Crippen LogP contribution in [0.15, 0.2) is 36.8 Å². The van der Waals surface area contributed by atoms with Crippen molar-refractivity contribution in [3.63, 3.8) is 0 Å².